The summed E-state index contributed by atoms with van der Waals surface area (Å²) in [5.74, 6) is -1.14. The number of hydrogen-bond acceptors (Lipinski definition) is 4. The van der Waals surface area contributed by atoms with Crippen LogP contribution in [0.5, 0.6) is 0 Å². The molecule has 0 heterocycles. The average molecular weight is 290 g/mol. The average Bonchev–Trinajstić information content (AvgIpc) is 2.32. The number of amides is 2. The van der Waals surface area contributed by atoms with Crippen LogP contribution in [-0.4, -0.2) is 61.0 Å². The van der Waals surface area contributed by atoms with Crippen molar-refractivity contribution in [2.45, 2.75) is 38.6 Å². The van der Waals surface area contributed by atoms with Crippen LogP contribution < -0.4 is 10.6 Å². The van der Waals surface area contributed by atoms with Crippen LogP contribution in [0.1, 0.15) is 32.6 Å². The fraction of sp³-hybridized carbons (Fsp3) is 0.769. The first-order valence-electron chi connectivity index (χ1n) is 6.75. The van der Waals surface area contributed by atoms with E-state index in [1.807, 2.05) is 19.0 Å². The molecular formula is C13H25N3O4. The smallest absolute Gasteiger partial charge is 0.305 e. The molecule has 0 aromatic carbocycles. The van der Waals surface area contributed by atoms with Crippen LogP contribution in [0.15, 0.2) is 0 Å². The molecular weight excluding hydrogens is 265 g/mol. The Morgan fingerprint density at radius 1 is 1.10 bits per heavy atom. The van der Waals surface area contributed by atoms with Gasteiger partial charge in [0.25, 0.3) is 0 Å². The fourth-order valence-electron chi connectivity index (χ4n) is 1.76. The maximum atomic E-state index is 11.9. The van der Waals surface area contributed by atoms with Crippen LogP contribution in [0.4, 0.5) is 0 Å². The molecule has 0 bridgehead atoms. The molecule has 0 aliphatic carbocycles. The summed E-state index contributed by atoms with van der Waals surface area (Å²) in [6.45, 7) is 2.22. The lowest BCUT2D eigenvalue weighted by Crippen LogP contribution is -2.44. The maximum Gasteiger partial charge on any atom is 0.305 e. The summed E-state index contributed by atoms with van der Waals surface area (Å²) < 4.78 is 0. The first-order chi connectivity index (χ1) is 9.34. The van der Waals surface area contributed by atoms with Crippen molar-refractivity contribution in [2.75, 3.05) is 27.2 Å². The molecule has 1 unspecified atom stereocenters. The van der Waals surface area contributed by atoms with E-state index < -0.39 is 5.97 Å². The summed E-state index contributed by atoms with van der Waals surface area (Å²) in [6, 6.07) is -0.277. The third-order valence-electron chi connectivity index (χ3n) is 2.84. The lowest BCUT2D eigenvalue weighted by atomic mass is 10.1. The number of hydrogen-bond donors (Lipinski definition) is 3. The number of unbranched alkanes of at least 4 members (excludes halogenated alkanes) is 1. The number of rotatable bonds is 10. The van der Waals surface area contributed by atoms with Crippen molar-refractivity contribution in [1.29, 1.82) is 0 Å². The van der Waals surface area contributed by atoms with Gasteiger partial charge in [-0.2, -0.15) is 0 Å². The van der Waals surface area contributed by atoms with Gasteiger partial charge in [0.2, 0.25) is 11.8 Å². The van der Waals surface area contributed by atoms with E-state index in [-0.39, 0.29) is 30.8 Å². The van der Waals surface area contributed by atoms with Crippen molar-refractivity contribution >= 4 is 17.8 Å². The van der Waals surface area contributed by atoms with E-state index in [9.17, 15) is 14.4 Å². The largest absolute Gasteiger partial charge is 0.481 e. The van der Waals surface area contributed by atoms with Crippen LogP contribution in [0.2, 0.25) is 0 Å². The minimum atomic E-state index is -0.929. The van der Waals surface area contributed by atoms with E-state index in [0.717, 1.165) is 12.8 Å². The van der Waals surface area contributed by atoms with Crippen molar-refractivity contribution < 1.29 is 19.5 Å². The van der Waals surface area contributed by atoms with Crippen LogP contribution in [0.3, 0.4) is 0 Å². The van der Waals surface area contributed by atoms with Gasteiger partial charge in [-0.05, 0) is 33.4 Å². The summed E-state index contributed by atoms with van der Waals surface area (Å²) >= 11 is 0. The maximum absolute atomic E-state index is 11.9. The zero-order valence-electron chi connectivity index (χ0n) is 12.4. The molecule has 0 fully saturated rings. The van der Waals surface area contributed by atoms with Gasteiger partial charge in [-0.25, -0.2) is 0 Å². The van der Waals surface area contributed by atoms with Crippen molar-refractivity contribution in [3.05, 3.63) is 0 Å². The monoisotopic (exact) mass is 290 g/mol. The molecule has 1 atom stereocenters. The predicted molar refractivity (Wildman–Crippen MR) is 75.3 cm³/mol. The second-order valence-electron chi connectivity index (χ2n) is 4.89. The predicted octanol–water partition coefficient (Wildman–Crippen LogP) is -0.186. The molecule has 0 aromatic rings. The molecule has 0 aromatic heterocycles. The Morgan fingerprint density at radius 2 is 1.75 bits per heavy atom. The van der Waals surface area contributed by atoms with Crippen molar-refractivity contribution in [1.82, 2.24) is 15.5 Å². The van der Waals surface area contributed by atoms with Gasteiger partial charge < -0.3 is 15.7 Å². The van der Waals surface area contributed by atoms with Gasteiger partial charge >= 0.3 is 5.97 Å². The molecule has 7 nitrogen and oxygen atoms in total. The lowest BCUT2D eigenvalue weighted by Gasteiger charge is -2.23. The first kappa shape index (κ1) is 18.4. The Labute approximate surface area is 119 Å². The van der Waals surface area contributed by atoms with E-state index in [2.05, 4.69) is 10.6 Å². The highest BCUT2D eigenvalue weighted by atomic mass is 16.4. The number of likely N-dealkylation sites (N-methyl/N-ethyl adjacent to an activating group) is 1. The lowest BCUT2D eigenvalue weighted by molar-refractivity contribution is -0.137. The van der Waals surface area contributed by atoms with Crippen molar-refractivity contribution in [2.24, 2.45) is 0 Å². The summed E-state index contributed by atoms with van der Waals surface area (Å²) in [4.78, 5) is 34.8. The van der Waals surface area contributed by atoms with Gasteiger partial charge in [-0.15, -0.1) is 0 Å². The van der Waals surface area contributed by atoms with Crippen molar-refractivity contribution in [3.63, 3.8) is 0 Å². The number of nitrogens with one attached hydrogen (secondary N) is 2. The highest BCUT2D eigenvalue weighted by molar-refractivity contribution is 5.82. The molecule has 0 spiro atoms. The van der Waals surface area contributed by atoms with Gasteiger partial charge in [0.05, 0.1) is 12.5 Å². The third kappa shape index (κ3) is 9.32. The summed E-state index contributed by atoms with van der Waals surface area (Å²) in [5.41, 5.74) is 0. The van der Waals surface area contributed by atoms with E-state index in [0.29, 0.717) is 13.0 Å². The van der Waals surface area contributed by atoms with Crippen LogP contribution >= 0.6 is 0 Å². The van der Waals surface area contributed by atoms with Gasteiger partial charge in [0, 0.05) is 20.0 Å². The molecule has 0 saturated heterocycles. The zero-order chi connectivity index (χ0) is 15.5. The van der Waals surface area contributed by atoms with Crippen molar-refractivity contribution in [3.8, 4) is 0 Å². The Bertz CT molecular complexity index is 332. The van der Waals surface area contributed by atoms with E-state index in [4.69, 9.17) is 5.11 Å². The van der Waals surface area contributed by atoms with Gasteiger partial charge in [-0.3, -0.25) is 19.3 Å². The number of carbonyl (C=O) groups excluding carboxylic acids is 2. The van der Waals surface area contributed by atoms with E-state index >= 15 is 0 Å². The van der Waals surface area contributed by atoms with E-state index in [1.54, 1.807) is 0 Å². The molecule has 0 aliphatic heterocycles. The number of carboxylic acid groups (broad SMARTS) is 1. The molecule has 20 heavy (non-hydrogen) atoms. The number of aliphatic carboxylic acids is 1. The fourth-order valence-corrected chi connectivity index (χ4v) is 1.76. The molecule has 2 amide bonds. The normalized spacial score (nSPS) is 12.0. The van der Waals surface area contributed by atoms with Crippen LogP contribution in [0, 0.1) is 0 Å². The third-order valence-corrected chi connectivity index (χ3v) is 2.84. The first-order valence-corrected chi connectivity index (χ1v) is 6.75. The molecule has 0 rings (SSSR count). The molecule has 116 valence electrons. The van der Waals surface area contributed by atoms with Crippen LogP contribution in [-0.2, 0) is 14.4 Å². The SMILES string of the molecule is CN(C)C(CCC[13CH2]N[13C]([13CH3])=O)C(=O)NCCC(=O)O. The molecule has 7 heteroatoms. The standard InChI is InChI=1S/C13H25N3O4/c1-10(17)14-8-5-4-6-11(16(2)3)13(20)15-9-7-12(18)19/h11H,4-9H2,1-3H3,(H,14,17)(H,15,20)(H,18,19)/i1+1,8+1,10+1. The van der Waals surface area contributed by atoms with Gasteiger partial charge in [-0.1, -0.05) is 0 Å². The highest BCUT2D eigenvalue weighted by Crippen LogP contribution is 2.06. The molecule has 0 saturated carbocycles. The number of carbonyl (C=O) groups is 3. The minimum Gasteiger partial charge on any atom is -0.481 e. The van der Waals surface area contributed by atoms with E-state index in [1.165, 1.54) is 6.92 Å². The Balaban J connectivity index is 3.99. The molecule has 0 radical (unpaired) electrons. The molecule has 0 aliphatic rings. The Morgan fingerprint density at radius 3 is 2.25 bits per heavy atom. The van der Waals surface area contributed by atoms with Gasteiger partial charge in [0.1, 0.15) is 0 Å². The zero-order valence-corrected chi connectivity index (χ0v) is 12.4. The summed E-state index contributed by atoms with van der Waals surface area (Å²) in [5, 5.41) is 13.9. The van der Waals surface area contributed by atoms with Gasteiger partial charge in [0.15, 0.2) is 0 Å². The number of carboxylic acids is 1. The number of nitrogens with zero attached hydrogens (tertiary/aromatic N) is 1. The topological polar surface area (TPSA) is 98.7 Å². The Kier molecular flexibility index (Phi) is 9.36. The highest BCUT2D eigenvalue weighted by Gasteiger charge is 2.19. The second-order valence-corrected chi connectivity index (χ2v) is 4.89. The summed E-state index contributed by atoms with van der Waals surface area (Å²) in [7, 11) is 3.63. The minimum absolute atomic E-state index is 0.0550. The quantitative estimate of drug-likeness (QED) is 0.383. The van der Waals surface area contributed by atoms with Crippen LogP contribution in [0.25, 0.3) is 0 Å². The Hall–Kier alpha value is -1.63. The second kappa shape index (κ2) is 10.2. The molecule has 3 N–H and O–H groups in total. The summed E-state index contributed by atoms with van der Waals surface area (Å²) in [6.07, 6.45) is 2.22.